The van der Waals surface area contributed by atoms with Gasteiger partial charge < -0.3 is 10.4 Å². The number of hydrogen-bond acceptors (Lipinski definition) is 2. The highest BCUT2D eigenvalue weighted by atomic mass is 16.3. The van der Waals surface area contributed by atoms with Gasteiger partial charge in [-0.25, -0.2) is 0 Å². The van der Waals surface area contributed by atoms with E-state index >= 15 is 0 Å². The summed E-state index contributed by atoms with van der Waals surface area (Å²) in [5, 5.41) is 12.4. The van der Waals surface area contributed by atoms with E-state index in [4.69, 9.17) is 0 Å². The monoisotopic (exact) mass is 219 g/mol. The Morgan fingerprint density at radius 1 is 1.44 bits per heavy atom. The van der Waals surface area contributed by atoms with Crippen LogP contribution in [0.1, 0.15) is 36.5 Å². The molecule has 3 nitrogen and oxygen atoms in total. The Balaban J connectivity index is 1.96. The van der Waals surface area contributed by atoms with E-state index in [0.29, 0.717) is 12.1 Å². The molecular weight excluding hydrogens is 202 g/mol. The Hall–Kier alpha value is -1.51. The minimum Gasteiger partial charge on any atom is -0.507 e. The molecule has 1 aliphatic rings. The van der Waals surface area contributed by atoms with Crippen LogP contribution >= 0.6 is 0 Å². The average molecular weight is 219 g/mol. The summed E-state index contributed by atoms with van der Waals surface area (Å²) in [6, 6.07) is 6.62. The first-order valence-electron chi connectivity index (χ1n) is 5.67. The van der Waals surface area contributed by atoms with Gasteiger partial charge in [0.1, 0.15) is 5.75 Å². The van der Waals surface area contributed by atoms with E-state index in [1.807, 2.05) is 0 Å². The molecule has 3 heteroatoms. The van der Waals surface area contributed by atoms with Gasteiger partial charge in [-0.05, 0) is 30.4 Å². The zero-order valence-corrected chi connectivity index (χ0v) is 9.49. The number of nitrogens with one attached hydrogen (secondary N) is 1. The molecule has 0 spiro atoms. The molecule has 1 aromatic carbocycles. The second-order valence-corrected chi connectivity index (χ2v) is 4.86. The van der Waals surface area contributed by atoms with Crippen molar-refractivity contribution < 1.29 is 9.90 Å². The first kappa shape index (κ1) is 11.0. The first-order valence-corrected chi connectivity index (χ1v) is 5.67. The van der Waals surface area contributed by atoms with E-state index in [0.717, 1.165) is 0 Å². The van der Waals surface area contributed by atoms with Gasteiger partial charge in [-0.2, -0.15) is 0 Å². The molecule has 2 rings (SSSR count). The molecular formula is C13H17NO2. The quantitative estimate of drug-likeness (QED) is 0.819. The van der Waals surface area contributed by atoms with Crippen molar-refractivity contribution in [3.05, 3.63) is 29.8 Å². The molecule has 1 aliphatic carbocycles. The number of phenolic OH excluding ortho intramolecular Hbond substituents is 1. The first-order chi connectivity index (χ1) is 7.61. The predicted molar refractivity (Wildman–Crippen MR) is 62.4 cm³/mol. The van der Waals surface area contributed by atoms with Crippen molar-refractivity contribution in [2.24, 2.45) is 5.41 Å². The zero-order valence-electron chi connectivity index (χ0n) is 9.49. The van der Waals surface area contributed by atoms with Gasteiger partial charge >= 0.3 is 0 Å². The average Bonchev–Trinajstić information content (AvgIpc) is 2.24. The summed E-state index contributed by atoms with van der Waals surface area (Å²) in [6.45, 7) is 2.88. The van der Waals surface area contributed by atoms with Gasteiger partial charge in [-0.1, -0.05) is 25.5 Å². The molecule has 86 valence electrons. The molecule has 1 aromatic rings. The number of carbonyl (C=O) groups is 1. The summed E-state index contributed by atoms with van der Waals surface area (Å²) in [6.07, 6.45) is 3.60. The molecule has 0 atom stereocenters. The van der Waals surface area contributed by atoms with Crippen LogP contribution in [0.4, 0.5) is 0 Å². The number of benzene rings is 1. The molecule has 1 amide bonds. The largest absolute Gasteiger partial charge is 0.507 e. The number of amides is 1. The fraction of sp³-hybridized carbons (Fsp3) is 0.462. The van der Waals surface area contributed by atoms with Gasteiger partial charge in [0.05, 0.1) is 5.56 Å². The van der Waals surface area contributed by atoms with Crippen molar-refractivity contribution in [2.75, 3.05) is 6.54 Å². The zero-order chi connectivity index (χ0) is 11.6. The molecule has 0 heterocycles. The third-order valence-electron chi connectivity index (χ3n) is 3.39. The highest BCUT2D eigenvalue weighted by Gasteiger charge is 2.32. The van der Waals surface area contributed by atoms with E-state index < -0.39 is 0 Å². The molecule has 1 fully saturated rings. The normalized spacial score (nSPS) is 17.6. The molecule has 0 saturated heterocycles. The Morgan fingerprint density at radius 2 is 2.12 bits per heavy atom. The lowest BCUT2D eigenvalue weighted by atomic mass is 9.70. The predicted octanol–water partition coefficient (Wildman–Crippen LogP) is 2.31. The summed E-state index contributed by atoms with van der Waals surface area (Å²) in [4.78, 5) is 11.8. The number of para-hydroxylation sites is 1. The van der Waals surface area contributed by atoms with Crippen LogP contribution in [-0.2, 0) is 0 Å². The number of hydrogen-bond donors (Lipinski definition) is 2. The van der Waals surface area contributed by atoms with Crippen molar-refractivity contribution in [1.29, 1.82) is 0 Å². The molecule has 2 N–H and O–H groups in total. The number of aromatic hydroxyl groups is 1. The van der Waals surface area contributed by atoms with Crippen LogP contribution in [0.3, 0.4) is 0 Å². The van der Waals surface area contributed by atoms with Gasteiger partial charge in [0.25, 0.3) is 5.91 Å². The van der Waals surface area contributed by atoms with Crippen molar-refractivity contribution in [3.63, 3.8) is 0 Å². The lowest BCUT2D eigenvalue weighted by Crippen LogP contribution is -2.39. The minimum atomic E-state index is -0.189. The third kappa shape index (κ3) is 2.18. The second-order valence-electron chi connectivity index (χ2n) is 4.86. The fourth-order valence-electron chi connectivity index (χ4n) is 2.01. The minimum absolute atomic E-state index is 0.0405. The van der Waals surface area contributed by atoms with Crippen LogP contribution in [0.15, 0.2) is 24.3 Å². The Bertz CT molecular complexity index is 397. The van der Waals surface area contributed by atoms with Crippen LogP contribution in [0, 0.1) is 5.41 Å². The maximum atomic E-state index is 11.8. The highest BCUT2D eigenvalue weighted by molar-refractivity contribution is 5.96. The fourth-order valence-corrected chi connectivity index (χ4v) is 2.01. The van der Waals surface area contributed by atoms with Crippen molar-refractivity contribution in [3.8, 4) is 5.75 Å². The van der Waals surface area contributed by atoms with Crippen molar-refractivity contribution >= 4 is 5.91 Å². The summed E-state index contributed by atoms with van der Waals surface area (Å²) in [7, 11) is 0. The van der Waals surface area contributed by atoms with Gasteiger partial charge in [-0.3, -0.25) is 4.79 Å². The highest BCUT2D eigenvalue weighted by Crippen LogP contribution is 2.39. The van der Waals surface area contributed by atoms with Crippen molar-refractivity contribution in [2.45, 2.75) is 26.2 Å². The number of rotatable bonds is 3. The van der Waals surface area contributed by atoms with Gasteiger partial charge in [0.2, 0.25) is 0 Å². The summed E-state index contributed by atoms with van der Waals surface area (Å²) in [5.74, 6) is -0.148. The van der Waals surface area contributed by atoms with Gasteiger partial charge in [0.15, 0.2) is 0 Å². The van der Waals surface area contributed by atoms with Crippen LogP contribution in [-0.4, -0.2) is 17.6 Å². The van der Waals surface area contributed by atoms with E-state index in [1.54, 1.807) is 18.2 Å². The molecule has 0 aliphatic heterocycles. The maximum Gasteiger partial charge on any atom is 0.255 e. The standard InChI is InChI=1S/C13H17NO2/c1-13(7-4-8-13)9-14-12(16)10-5-2-3-6-11(10)15/h2-3,5-6,15H,4,7-9H2,1H3,(H,14,16). The van der Waals surface area contributed by atoms with E-state index in [1.165, 1.54) is 25.3 Å². The summed E-state index contributed by atoms with van der Waals surface area (Å²) < 4.78 is 0. The molecule has 16 heavy (non-hydrogen) atoms. The topological polar surface area (TPSA) is 49.3 Å². The van der Waals surface area contributed by atoms with E-state index in [-0.39, 0.29) is 17.1 Å². The summed E-state index contributed by atoms with van der Waals surface area (Å²) >= 11 is 0. The molecule has 0 radical (unpaired) electrons. The number of phenols is 1. The van der Waals surface area contributed by atoms with Crippen LogP contribution in [0.25, 0.3) is 0 Å². The smallest absolute Gasteiger partial charge is 0.255 e. The van der Waals surface area contributed by atoms with Crippen LogP contribution in [0.5, 0.6) is 5.75 Å². The summed E-state index contributed by atoms with van der Waals surface area (Å²) in [5.41, 5.74) is 0.616. The van der Waals surface area contributed by atoms with Gasteiger partial charge in [-0.15, -0.1) is 0 Å². The van der Waals surface area contributed by atoms with Crippen LogP contribution in [0.2, 0.25) is 0 Å². The second kappa shape index (κ2) is 4.16. The Morgan fingerprint density at radius 3 is 2.69 bits per heavy atom. The van der Waals surface area contributed by atoms with Crippen molar-refractivity contribution in [1.82, 2.24) is 5.32 Å². The third-order valence-corrected chi connectivity index (χ3v) is 3.39. The molecule has 1 saturated carbocycles. The SMILES string of the molecule is CC1(CNC(=O)c2ccccc2O)CCC1. The van der Waals surface area contributed by atoms with E-state index in [2.05, 4.69) is 12.2 Å². The Labute approximate surface area is 95.5 Å². The van der Waals surface area contributed by atoms with Crippen LogP contribution < -0.4 is 5.32 Å². The van der Waals surface area contributed by atoms with Gasteiger partial charge in [0, 0.05) is 6.54 Å². The Kier molecular flexibility index (Phi) is 2.86. The molecule has 0 unspecified atom stereocenters. The molecule has 0 bridgehead atoms. The lowest BCUT2D eigenvalue weighted by molar-refractivity contribution is 0.0888. The maximum absolute atomic E-state index is 11.8. The number of carbonyl (C=O) groups excluding carboxylic acids is 1. The molecule has 0 aromatic heterocycles. The lowest BCUT2D eigenvalue weighted by Gasteiger charge is -2.38. The van der Waals surface area contributed by atoms with E-state index in [9.17, 15) is 9.90 Å².